The Bertz CT molecular complexity index is 595. The molecule has 0 fully saturated rings. The molecule has 0 radical (unpaired) electrons. The molecule has 0 saturated carbocycles. The average molecular weight is 306 g/mol. The van der Waals surface area contributed by atoms with E-state index in [1.807, 2.05) is 38.2 Å². The lowest BCUT2D eigenvalue weighted by atomic mass is 10.1. The third-order valence-corrected chi connectivity index (χ3v) is 3.73. The van der Waals surface area contributed by atoms with Crippen LogP contribution in [0.1, 0.15) is 31.3 Å². The van der Waals surface area contributed by atoms with Gasteiger partial charge < -0.3 is 10.3 Å². The van der Waals surface area contributed by atoms with Gasteiger partial charge in [0, 0.05) is 24.6 Å². The molecule has 21 heavy (non-hydrogen) atoms. The number of halogens is 1. The average Bonchev–Trinajstić information content (AvgIpc) is 2.52. The summed E-state index contributed by atoms with van der Waals surface area (Å²) >= 11 is 6.06. The highest BCUT2D eigenvalue weighted by atomic mass is 35.5. The molecule has 5 nitrogen and oxygen atoms in total. The Balaban J connectivity index is 2.32. The van der Waals surface area contributed by atoms with E-state index in [1.54, 1.807) is 0 Å². The van der Waals surface area contributed by atoms with Crippen molar-refractivity contribution in [2.24, 2.45) is 5.84 Å². The highest BCUT2D eigenvalue weighted by Crippen LogP contribution is 2.26. The van der Waals surface area contributed by atoms with E-state index in [4.69, 9.17) is 17.4 Å². The van der Waals surface area contributed by atoms with Gasteiger partial charge in [0.25, 0.3) is 0 Å². The number of nitrogens with one attached hydrogen (secondary N) is 1. The maximum absolute atomic E-state index is 6.06. The van der Waals surface area contributed by atoms with E-state index in [0.717, 1.165) is 28.6 Å². The number of nitrogens with two attached hydrogens (primary N) is 1. The lowest BCUT2D eigenvalue weighted by Crippen LogP contribution is -2.24. The van der Waals surface area contributed by atoms with Crippen molar-refractivity contribution < 1.29 is 0 Å². The Hall–Kier alpha value is -1.85. The van der Waals surface area contributed by atoms with Crippen molar-refractivity contribution in [2.45, 2.75) is 26.3 Å². The second-order valence-corrected chi connectivity index (χ2v) is 5.30. The van der Waals surface area contributed by atoms with Gasteiger partial charge in [-0.2, -0.15) is 0 Å². The van der Waals surface area contributed by atoms with Crippen LogP contribution in [0.15, 0.2) is 30.3 Å². The summed E-state index contributed by atoms with van der Waals surface area (Å²) in [4.78, 5) is 10.9. The number of nitrogen functional groups attached to an aromatic ring is 1. The molecule has 0 amide bonds. The first kappa shape index (κ1) is 15.5. The number of nitrogens with zero attached hydrogens (tertiary/aromatic N) is 3. The molecule has 6 heteroatoms. The zero-order chi connectivity index (χ0) is 15.4. The third-order valence-electron chi connectivity index (χ3n) is 3.50. The van der Waals surface area contributed by atoms with Gasteiger partial charge in [-0.3, -0.25) is 0 Å². The molecule has 1 atom stereocenters. The van der Waals surface area contributed by atoms with Crippen LogP contribution in [-0.2, 0) is 6.42 Å². The van der Waals surface area contributed by atoms with Gasteiger partial charge in [0.1, 0.15) is 17.5 Å². The molecular formula is C15H20ClN5. The van der Waals surface area contributed by atoms with Crippen molar-refractivity contribution in [3.05, 3.63) is 46.7 Å². The van der Waals surface area contributed by atoms with Gasteiger partial charge in [-0.1, -0.05) is 30.7 Å². The van der Waals surface area contributed by atoms with Crippen LogP contribution in [0.3, 0.4) is 0 Å². The number of rotatable bonds is 5. The van der Waals surface area contributed by atoms with Crippen LogP contribution in [0.2, 0.25) is 5.02 Å². The van der Waals surface area contributed by atoms with Crippen molar-refractivity contribution in [1.29, 1.82) is 0 Å². The van der Waals surface area contributed by atoms with E-state index >= 15 is 0 Å². The smallest absolute Gasteiger partial charge is 0.145 e. The molecule has 2 rings (SSSR count). The van der Waals surface area contributed by atoms with Gasteiger partial charge in [0.2, 0.25) is 0 Å². The molecule has 0 aliphatic carbocycles. The first-order chi connectivity index (χ1) is 10.0. The Morgan fingerprint density at radius 2 is 2.10 bits per heavy atom. The largest absolute Gasteiger partial charge is 0.353 e. The molecule has 1 aromatic carbocycles. The monoisotopic (exact) mass is 305 g/mol. The second kappa shape index (κ2) is 6.74. The fourth-order valence-electron chi connectivity index (χ4n) is 2.08. The van der Waals surface area contributed by atoms with E-state index < -0.39 is 0 Å². The summed E-state index contributed by atoms with van der Waals surface area (Å²) in [5, 5.41) is 0.731. The standard InChI is InChI=1S/C15H20ClN5/c1-4-13-18-14(20-17)9-15(19-13)21(3)10(2)11-6-5-7-12(16)8-11/h5-10H,4,17H2,1-3H3,(H,18,19,20). The van der Waals surface area contributed by atoms with Gasteiger partial charge >= 0.3 is 0 Å². The summed E-state index contributed by atoms with van der Waals surface area (Å²) in [6, 6.07) is 9.80. The SMILES string of the molecule is CCc1nc(NN)cc(N(C)C(C)c2cccc(Cl)c2)n1. The van der Waals surface area contributed by atoms with E-state index in [2.05, 4.69) is 33.3 Å². The van der Waals surface area contributed by atoms with Gasteiger partial charge in [0.05, 0.1) is 6.04 Å². The van der Waals surface area contributed by atoms with Crippen LogP contribution in [0.25, 0.3) is 0 Å². The van der Waals surface area contributed by atoms with Crippen molar-refractivity contribution >= 4 is 23.2 Å². The predicted molar refractivity (Wildman–Crippen MR) is 87.5 cm³/mol. The van der Waals surface area contributed by atoms with Crippen LogP contribution in [0, 0.1) is 0 Å². The van der Waals surface area contributed by atoms with Crippen molar-refractivity contribution in [1.82, 2.24) is 9.97 Å². The Kier molecular flexibility index (Phi) is 4.98. The topological polar surface area (TPSA) is 67.1 Å². The minimum atomic E-state index is 0.133. The van der Waals surface area contributed by atoms with Crippen molar-refractivity contribution in [3.63, 3.8) is 0 Å². The molecule has 0 saturated heterocycles. The lowest BCUT2D eigenvalue weighted by molar-refractivity contribution is 0.722. The summed E-state index contributed by atoms with van der Waals surface area (Å²) in [6.07, 6.45) is 0.752. The molecule has 1 unspecified atom stereocenters. The Morgan fingerprint density at radius 3 is 2.71 bits per heavy atom. The van der Waals surface area contributed by atoms with Crippen LogP contribution < -0.4 is 16.2 Å². The number of hydrazine groups is 1. The zero-order valence-electron chi connectivity index (χ0n) is 12.5. The predicted octanol–water partition coefficient (Wildman–Crippen LogP) is 3.18. The second-order valence-electron chi connectivity index (χ2n) is 4.87. The minimum Gasteiger partial charge on any atom is -0.353 e. The van der Waals surface area contributed by atoms with Crippen molar-refractivity contribution in [2.75, 3.05) is 17.4 Å². The molecule has 0 spiro atoms. The highest BCUT2D eigenvalue weighted by Gasteiger charge is 2.15. The summed E-state index contributed by atoms with van der Waals surface area (Å²) < 4.78 is 0. The number of aromatic nitrogens is 2. The molecule has 1 aromatic heterocycles. The molecule has 0 aliphatic heterocycles. The molecule has 1 heterocycles. The molecule has 0 bridgehead atoms. The van der Waals surface area contributed by atoms with Crippen LogP contribution in [0.4, 0.5) is 11.6 Å². The maximum Gasteiger partial charge on any atom is 0.145 e. The number of hydrogen-bond donors (Lipinski definition) is 2. The summed E-state index contributed by atoms with van der Waals surface area (Å²) in [5.41, 5.74) is 3.71. The summed E-state index contributed by atoms with van der Waals surface area (Å²) in [5.74, 6) is 7.66. The number of benzene rings is 1. The number of hydrogen-bond acceptors (Lipinski definition) is 5. The van der Waals surface area contributed by atoms with Gasteiger partial charge in [0.15, 0.2) is 0 Å². The fraction of sp³-hybridized carbons (Fsp3) is 0.333. The Morgan fingerprint density at radius 1 is 1.33 bits per heavy atom. The lowest BCUT2D eigenvalue weighted by Gasteiger charge is -2.27. The maximum atomic E-state index is 6.06. The van der Waals surface area contributed by atoms with Gasteiger partial charge in [-0.25, -0.2) is 15.8 Å². The molecule has 0 aliphatic rings. The van der Waals surface area contributed by atoms with Crippen LogP contribution in [-0.4, -0.2) is 17.0 Å². The Labute approximate surface area is 130 Å². The molecular weight excluding hydrogens is 286 g/mol. The normalized spacial score (nSPS) is 12.0. The number of aryl methyl sites for hydroxylation is 1. The zero-order valence-corrected chi connectivity index (χ0v) is 13.2. The van der Waals surface area contributed by atoms with E-state index in [0.29, 0.717) is 5.82 Å². The summed E-state index contributed by atoms with van der Waals surface area (Å²) in [6.45, 7) is 4.12. The van der Waals surface area contributed by atoms with Crippen molar-refractivity contribution in [3.8, 4) is 0 Å². The van der Waals surface area contributed by atoms with E-state index in [-0.39, 0.29) is 6.04 Å². The first-order valence-corrected chi connectivity index (χ1v) is 7.25. The molecule has 112 valence electrons. The third kappa shape index (κ3) is 3.62. The van der Waals surface area contributed by atoms with E-state index in [9.17, 15) is 0 Å². The van der Waals surface area contributed by atoms with Crippen LogP contribution >= 0.6 is 11.6 Å². The van der Waals surface area contributed by atoms with Crippen LogP contribution in [0.5, 0.6) is 0 Å². The summed E-state index contributed by atoms with van der Waals surface area (Å²) in [7, 11) is 1.99. The molecule has 2 aromatic rings. The first-order valence-electron chi connectivity index (χ1n) is 6.88. The quantitative estimate of drug-likeness (QED) is 0.656. The highest BCUT2D eigenvalue weighted by molar-refractivity contribution is 6.30. The van der Waals surface area contributed by atoms with Gasteiger partial charge in [-0.15, -0.1) is 0 Å². The van der Waals surface area contributed by atoms with E-state index in [1.165, 1.54) is 0 Å². The molecule has 3 N–H and O–H groups in total. The van der Waals surface area contributed by atoms with Gasteiger partial charge in [-0.05, 0) is 24.6 Å². The minimum absolute atomic E-state index is 0.133. The fourth-order valence-corrected chi connectivity index (χ4v) is 2.28. The number of anilines is 2.